The zero-order chi connectivity index (χ0) is 38.3. The second-order valence-corrected chi connectivity index (χ2v) is 16.7. The van der Waals surface area contributed by atoms with Crippen LogP contribution < -0.4 is 0 Å². The average molecular weight is 760 g/mol. The molecule has 0 amide bonds. The number of nitrogens with zero attached hydrogens (tertiary/aromatic N) is 3. The molecule has 0 aliphatic heterocycles. The van der Waals surface area contributed by atoms with E-state index < -0.39 is 0 Å². The first-order chi connectivity index (χ1) is 28.7. The molecule has 0 radical (unpaired) electrons. The lowest BCUT2D eigenvalue weighted by Crippen LogP contribution is -2.00. The molecule has 2 bridgehead atoms. The summed E-state index contributed by atoms with van der Waals surface area (Å²) in [4.78, 5) is 9.50. The largest absolute Gasteiger partial charge is 0.309 e. The van der Waals surface area contributed by atoms with Gasteiger partial charge in [0, 0.05) is 53.5 Å². The molecular weight excluding hydrogens is 723 g/mol. The average Bonchev–Trinajstić information content (AvgIpc) is 3.82. The summed E-state index contributed by atoms with van der Waals surface area (Å²) in [6.07, 6.45) is 11.3. The number of aryl methyl sites for hydroxylation is 2. The molecule has 11 aromatic rings. The Morgan fingerprint density at radius 1 is 0.552 bits per heavy atom. The van der Waals surface area contributed by atoms with E-state index >= 15 is 0 Å². The van der Waals surface area contributed by atoms with Gasteiger partial charge in [-0.15, -0.1) is 11.3 Å². The number of aromatic nitrogens is 3. The monoisotopic (exact) mass is 759 g/mol. The van der Waals surface area contributed by atoms with Gasteiger partial charge in [0.2, 0.25) is 0 Å². The molecule has 0 unspecified atom stereocenters. The van der Waals surface area contributed by atoms with Gasteiger partial charge >= 0.3 is 0 Å². The van der Waals surface area contributed by atoms with Gasteiger partial charge < -0.3 is 4.57 Å². The Hall–Kier alpha value is -6.88. The van der Waals surface area contributed by atoms with E-state index in [4.69, 9.17) is 4.98 Å². The number of rotatable bonds is 2. The van der Waals surface area contributed by atoms with Crippen LogP contribution in [0.4, 0.5) is 0 Å². The summed E-state index contributed by atoms with van der Waals surface area (Å²) in [7, 11) is 0. The van der Waals surface area contributed by atoms with Gasteiger partial charge in [-0.2, -0.15) is 0 Å². The van der Waals surface area contributed by atoms with E-state index in [1.165, 1.54) is 97.3 Å². The number of fused-ring (bicyclic) bond motifs is 15. The Kier molecular flexibility index (Phi) is 7.51. The summed E-state index contributed by atoms with van der Waals surface area (Å²) in [6.45, 7) is 2.29. The van der Waals surface area contributed by atoms with Crippen molar-refractivity contribution in [3.63, 3.8) is 0 Å². The molecule has 12 rings (SSSR count). The van der Waals surface area contributed by atoms with E-state index in [0.717, 1.165) is 41.4 Å². The van der Waals surface area contributed by atoms with Gasteiger partial charge in [0.15, 0.2) is 0 Å². The molecule has 0 saturated carbocycles. The number of benzene rings is 8. The molecule has 3 heterocycles. The fraction of sp³-hybridized carbons (Fsp3) is 0.0741. The normalized spacial score (nSPS) is 13.0. The summed E-state index contributed by atoms with van der Waals surface area (Å²) >= 11 is 1.92. The van der Waals surface area contributed by atoms with Crippen molar-refractivity contribution in [1.82, 2.24) is 14.5 Å². The van der Waals surface area contributed by atoms with E-state index in [2.05, 4.69) is 174 Å². The predicted molar refractivity (Wildman–Crippen MR) is 247 cm³/mol. The first-order valence-electron chi connectivity index (χ1n) is 20.2. The Balaban J connectivity index is 0.981. The molecule has 58 heavy (non-hydrogen) atoms. The minimum atomic E-state index is 0.957. The van der Waals surface area contributed by atoms with Crippen molar-refractivity contribution < 1.29 is 0 Å². The van der Waals surface area contributed by atoms with Gasteiger partial charge in [-0.3, -0.25) is 0 Å². The lowest BCUT2D eigenvalue weighted by Gasteiger charge is -2.19. The highest BCUT2D eigenvalue weighted by Gasteiger charge is 2.20. The Morgan fingerprint density at radius 2 is 1.28 bits per heavy atom. The highest BCUT2D eigenvalue weighted by molar-refractivity contribution is 7.26. The van der Waals surface area contributed by atoms with E-state index in [9.17, 15) is 0 Å². The van der Waals surface area contributed by atoms with Gasteiger partial charge in [0.25, 0.3) is 0 Å². The fourth-order valence-corrected chi connectivity index (χ4v) is 11.0. The molecule has 0 spiro atoms. The van der Waals surface area contributed by atoms with Crippen LogP contribution in [0, 0.1) is 6.92 Å². The molecule has 274 valence electrons. The smallest absolute Gasteiger partial charge is 0.116 e. The van der Waals surface area contributed by atoms with Gasteiger partial charge in [-0.05, 0) is 100 Å². The third-order valence-electron chi connectivity index (χ3n) is 12.5. The van der Waals surface area contributed by atoms with Crippen LogP contribution in [0.3, 0.4) is 0 Å². The molecule has 8 aromatic carbocycles. The van der Waals surface area contributed by atoms with Crippen molar-refractivity contribution in [3.05, 3.63) is 186 Å². The van der Waals surface area contributed by atoms with Gasteiger partial charge in [-0.25, -0.2) is 9.97 Å². The molecule has 3 aromatic heterocycles. The topological polar surface area (TPSA) is 30.7 Å². The van der Waals surface area contributed by atoms with Crippen molar-refractivity contribution in [3.8, 4) is 27.9 Å². The van der Waals surface area contributed by atoms with Crippen molar-refractivity contribution in [2.75, 3.05) is 0 Å². The highest BCUT2D eigenvalue weighted by atomic mass is 32.1. The minimum Gasteiger partial charge on any atom is -0.309 e. The third-order valence-corrected chi connectivity index (χ3v) is 13.8. The van der Waals surface area contributed by atoms with E-state index in [0.29, 0.717) is 0 Å². The standard InChI is InChI=1S/C54H37N3S/c1-33-34-10-9-16-39(33)52-36(24-25-46-44(52)26-27-45-43-15-4-7-19-51(43)58-54(45)46)11-8-12-37-30-38(23-22-35(37)21-20-34)40-28-29-50(47-31-55-32-56-53(40)47)57-48-17-5-2-13-41(48)42-14-3-6-18-49(42)57/h2-7,9-10,13-32H,8,11-12H2,1H3. The van der Waals surface area contributed by atoms with Crippen LogP contribution in [0.1, 0.15) is 34.2 Å². The van der Waals surface area contributed by atoms with Gasteiger partial charge in [-0.1, -0.05) is 133 Å². The van der Waals surface area contributed by atoms with Crippen molar-refractivity contribution >= 4 is 87.1 Å². The Labute approximate surface area is 340 Å². The SMILES string of the molecule is Cc1c2cccc1-c1c(ccc3c1ccc1c4ccccc4sc31)CCCc1cc(-c3ccc(-n4c5ccccc5c5ccccc54)c4cncnc34)ccc1C=C2. The summed E-state index contributed by atoms with van der Waals surface area (Å²) < 4.78 is 5.09. The number of para-hydroxylation sites is 2. The van der Waals surface area contributed by atoms with Gasteiger partial charge in [0.05, 0.1) is 22.2 Å². The molecule has 0 saturated heterocycles. The van der Waals surface area contributed by atoms with Crippen molar-refractivity contribution in [2.24, 2.45) is 0 Å². The summed E-state index contributed by atoms with van der Waals surface area (Å²) in [6, 6.07) is 54.0. The number of thiophene rings is 1. The molecule has 1 aliphatic rings. The number of hydrogen-bond donors (Lipinski definition) is 0. The van der Waals surface area contributed by atoms with Crippen LogP contribution in [0.25, 0.3) is 104 Å². The van der Waals surface area contributed by atoms with Crippen LogP contribution >= 0.6 is 11.3 Å². The van der Waals surface area contributed by atoms with Crippen molar-refractivity contribution in [2.45, 2.75) is 26.2 Å². The van der Waals surface area contributed by atoms with E-state index in [1.54, 1.807) is 6.33 Å². The second kappa shape index (κ2) is 13.1. The maximum Gasteiger partial charge on any atom is 0.116 e. The fourth-order valence-electron chi connectivity index (χ4n) is 9.74. The zero-order valence-corrected chi connectivity index (χ0v) is 32.9. The Morgan fingerprint density at radius 3 is 2.14 bits per heavy atom. The first-order valence-corrected chi connectivity index (χ1v) is 21.0. The van der Waals surface area contributed by atoms with Crippen LogP contribution in [0.2, 0.25) is 0 Å². The molecule has 1 aliphatic carbocycles. The highest BCUT2D eigenvalue weighted by Crippen LogP contribution is 2.44. The maximum absolute atomic E-state index is 4.95. The van der Waals surface area contributed by atoms with Crippen molar-refractivity contribution in [1.29, 1.82) is 0 Å². The summed E-state index contributed by atoms with van der Waals surface area (Å²) in [5.74, 6) is 0. The van der Waals surface area contributed by atoms with E-state index in [-0.39, 0.29) is 0 Å². The molecule has 4 heteroatoms. The minimum absolute atomic E-state index is 0.957. The zero-order valence-electron chi connectivity index (χ0n) is 32.0. The molecule has 0 N–H and O–H groups in total. The second-order valence-electron chi connectivity index (χ2n) is 15.6. The predicted octanol–water partition coefficient (Wildman–Crippen LogP) is 14.5. The third kappa shape index (κ3) is 5.05. The van der Waals surface area contributed by atoms with Crippen LogP contribution in [-0.2, 0) is 12.8 Å². The quantitative estimate of drug-likeness (QED) is 0.176. The number of hydrogen-bond acceptors (Lipinski definition) is 3. The lowest BCUT2D eigenvalue weighted by atomic mass is 9.85. The van der Waals surface area contributed by atoms with Crippen LogP contribution in [-0.4, -0.2) is 14.5 Å². The van der Waals surface area contributed by atoms with Crippen LogP contribution in [0.15, 0.2) is 158 Å². The van der Waals surface area contributed by atoms with Crippen LogP contribution in [0.5, 0.6) is 0 Å². The van der Waals surface area contributed by atoms with Gasteiger partial charge in [0.1, 0.15) is 6.33 Å². The molecule has 0 atom stereocenters. The lowest BCUT2D eigenvalue weighted by molar-refractivity contribution is 0.821. The molecular formula is C54H37N3S. The molecule has 0 fully saturated rings. The first kappa shape index (κ1) is 33.3. The van der Waals surface area contributed by atoms with E-state index in [1.807, 2.05) is 17.5 Å². The summed E-state index contributed by atoms with van der Waals surface area (Å²) in [5, 5.41) is 8.91. The Bertz CT molecular complexity index is 3460. The molecule has 3 nitrogen and oxygen atoms in total. The maximum atomic E-state index is 4.95. The summed E-state index contributed by atoms with van der Waals surface area (Å²) in [5.41, 5.74) is 16.0.